The van der Waals surface area contributed by atoms with Gasteiger partial charge in [0.25, 0.3) is 6.71 Å². The maximum Gasteiger partial charge on any atom is 0.254 e. The van der Waals surface area contributed by atoms with Gasteiger partial charge in [-0.15, -0.1) is 11.3 Å². The predicted octanol–water partition coefficient (Wildman–Crippen LogP) is 21.5. The minimum atomic E-state index is -0.259. The van der Waals surface area contributed by atoms with E-state index in [1.807, 2.05) is 11.3 Å². The molecule has 5 nitrogen and oxygen atoms in total. The Morgan fingerprint density at radius 1 is 0.297 bits per heavy atom. The fourth-order valence-corrected chi connectivity index (χ4v) is 16.0. The van der Waals surface area contributed by atoms with Crippen LogP contribution >= 0.6 is 11.3 Å². The van der Waals surface area contributed by atoms with Crippen LogP contribution in [-0.4, -0.2) is 11.3 Å². The molecule has 2 aromatic heterocycles. The lowest BCUT2D eigenvalue weighted by atomic mass is 9.33. The lowest BCUT2D eigenvalue weighted by Gasteiger charge is -2.46. The monoisotopic (exact) mass is 1180 g/mol. The van der Waals surface area contributed by atoms with E-state index in [2.05, 4.69) is 364 Å². The van der Waals surface area contributed by atoms with E-state index in [0.29, 0.717) is 0 Å². The van der Waals surface area contributed by atoms with Crippen molar-refractivity contribution >= 4 is 145 Å². The normalized spacial score (nSPS) is 12.3. The molecule has 0 N–H and O–H groups in total. The Labute approximate surface area is 533 Å². The number of hydrogen-bond acceptors (Lipinski definition) is 5. The zero-order valence-corrected chi connectivity index (χ0v) is 50.4. The van der Waals surface area contributed by atoms with E-state index in [4.69, 9.17) is 0 Å². The number of anilines is 12. The smallest absolute Gasteiger partial charge is 0.254 e. The first kappa shape index (κ1) is 52.5. The first-order valence-corrected chi connectivity index (χ1v) is 32.0. The number of benzene rings is 14. The predicted molar refractivity (Wildman–Crippen MR) is 388 cm³/mol. The highest BCUT2D eigenvalue weighted by molar-refractivity contribution is 7.28. The molecule has 0 spiro atoms. The van der Waals surface area contributed by atoms with Crippen molar-refractivity contribution in [3.63, 3.8) is 0 Å². The summed E-state index contributed by atoms with van der Waals surface area (Å²) in [5, 5.41) is 4.87. The summed E-state index contributed by atoms with van der Waals surface area (Å²) in [4.78, 5) is 10.2. The van der Waals surface area contributed by atoms with E-state index in [-0.39, 0.29) is 6.71 Å². The molecule has 7 heteroatoms. The third-order valence-electron chi connectivity index (χ3n) is 18.5. The van der Waals surface area contributed by atoms with Gasteiger partial charge in [-0.2, -0.15) is 0 Å². The topological polar surface area (TPSA) is 17.9 Å². The van der Waals surface area contributed by atoms with Crippen molar-refractivity contribution in [2.45, 2.75) is 0 Å². The summed E-state index contributed by atoms with van der Waals surface area (Å²) in [6.07, 6.45) is 0. The molecule has 0 unspecified atom stereocenters. The SMILES string of the molecule is c1ccc(-c2ccccc2N2c3cc(N(c4ccccc4)c4ccccc4)ccc3B3c4c2cc(-n2c5ccccc5c5ccccc52)cc4N(c2ccccc2-c2ccccc2)c2cc(N(c4ccccc4)c4ccccc4)c4c(sc5ccccc54)c23)cc1. The van der Waals surface area contributed by atoms with Gasteiger partial charge < -0.3 is 24.2 Å². The van der Waals surface area contributed by atoms with Crippen LogP contribution in [0.1, 0.15) is 0 Å². The van der Waals surface area contributed by atoms with E-state index in [9.17, 15) is 0 Å². The van der Waals surface area contributed by atoms with Gasteiger partial charge in [-0.25, -0.2) is 0 Å². The van der Waals surface area contributed by atoms with Crippen molar-refractivity contribution in [2.24, 2.45) is 0 Å². The summed E-state index contributed by atoms with van der Waals surface area (Å²) in [5.41, 5.74) is 24.8. The van der Waals surface area contributed by atoms with E-state index in [1.54, 1.807) is 0 Å². The van der Waals surface area contributed by atoms with Crippen LogP contribution in [0.25, 0.3) is 69.9 Å². The fourth-order valence-electron chi connectivity index (χ4n) is 14.7. The van der Waals surface area contributed by atoms with Gasteiger partial charge in [0.2, 0.25) is 0 Å². The van der Waals surface area contributed by atoms with Gasteiger partial charge in [0.1, 0.15) is 0 Å². The molecule has 0 saturated carbocycles. The molecule has 2 aliphatic rings. The number of thiophene rings is 1. The van der Waals surface area contributed by atoms with Crippen LogP contribution in [0.5, 0.6) is 0 Å². The van der Waals surface area contributed by atoms with E-state index < -0.39 is 0 Å². The minimum Gasteiger partial charge on any atom is -0.311 e. The van der Waals surface area contributed by atoms with Gasteiger partial charge in [0, 0.05) is 93.3 Å². The molecule has 4 heterocycles. The second-order valence-electron chi connectivity index (χ2n) is 23.5. The number of hydrogen-bond donors (Lipinski definition) is 0. The third-order valence-corrected chi connectivity index (χ3v) is 19.7. The fraction of sp³-hybridized carbons (Fsp3) is 0. The standard InChI is InChI=1S/C84H56BN5S/c1-7-29-57(30-8-1)65-41-19-24-46-71(65)89-75-53-63(86(59-33-11-3-12-34-59)60-35-13-4-14-36-60)51-52-70(75)85-82-77(89)54-64(88-73-48-26-21-43-67(73)68-44-22-27-49-74(68)88)55-78(82)90(72-47-25-20-42-66(72)58-31-9-2-10-32-58)79-56-76(81-69-45-23-28-50-80(69)91-84(81)83(79)85)87(61-37-15-5-16-38-61)62-39-17-6-18-40-62/h1-56H. The van der Waals surface area contributed by atoms with Crippen LogP contribution in [0, 0.1) is 0 Å². The molecule has 16 aromatic rings. The third kappa shape index (κ3) is 8.46. The van der Waals surface area contributed by atoms with E-state index >= 15 is 0 Å². The molecule has 91 heavy (non-hydrogen) atoms. The van der Waals surface area contributed by atoms with Gasteiger partial charge in [0.15, 0.2) is 0 Å². The number of fused-ring (bicyclic) bond motifs is 11. The van der Waals surface area contributed by atoms with E-state index in [0.717, 1.165) is 107 Å². The highest BCUT2D eigenvalue weighted by atomic mass is 32.1. The molecule has 0 radical (unpaired) electrons. The lowest BCUT2D eigenvalue weighted by Crippen LogP contribution is -2.61. The molecular formula is C84H56BN5S. The minimum absolute atomic E-state index is 0.259. The molecule has 426 valence electrons. The van der Waals surface area contributed by atoms with Crippen molar-refractivity contribution in [3.05, 3.63) is 340 Å². The van der Waals surface area contributed by atoms with E-state index in [1.165, 1.54) is 47.3 Å². The van der Waals surface area contributed by atoms with Gasteiger partial charge in [-0.1, -0.05) is 231 Å². The van der Waals surface area contributed by atoms with Gasteiger partial charge in [-0.3, -0.25) is 0 Å². The average molecular weight is 1180 g/mol. The van der Waals surface area contributed by atoms with Crippen molar-refractivity contribution in [3.8, 4) is 27.9 Å². The maximum absolute atomic E-state index is 2.65. The maximum atomic E-state index is 2.65. The van der Waals surface area contributed by atoms with Crippen molar-refractivity contribution in [2.75, 3.05) is 19.6 Å². The Bertz CT molecular complexity index is 5290. The van der Waals surface area contributed by atoms with Crippen molar-refractivity contribution in [1.82, 2.24) is 4.57 Å². The molecule has 0 atom stereocenters. The first-order valence-electron chi connectivity index (χ1n) is 31.2. The highest BCUT2D eigenvalue weighted by Crippen LogP contribution is 2.55. The largest absolute Gasteiger partial charge is 0.311 e. The first-order chi connectivity index (χ1) is 45.2. The summed E-state index contributed by atoms with van der Waals surface area (Å²) < 4.78 is 5.01. The molecule has 0 saturated heterocycles. The number of rotatable bonds is 11. The van der Waals surface area contributed by atoms with Gasteiger partial charge in [0.05, 0.1) is 33.8 Å². The Hall–Kier alpha value is -11.6. The van der Waals surface area contributed by atoms with Crippen LogP contribution in [0.2, 0.25) is 0 Å². The Morgan fingerprint density at radius 2 is 0.714 bits per heavy atom. The molecule has 18 rings (SSSR count). The zero-order chi connectivity index (χ0) is 59.9. The molecule has 0 fully saturated rings. The van der Waals surface area contributed by atoms with Gasteiger partial charge in [-0.05, 0) is 137 Å². The molecule has 0 amide bonds. The molecule has 14 aromatic carbocycles. The molecule has 0 bridgehead atoms. The van der Waals surface area contributed by atoms with Crippen molar-refractivity contribution in [1.29, 1.82) is 0 Å². The van der Waals surface area contributed by atoms with Crippen LogP contribution < -0.4 is 36.0 Å². The van der Waals surface area contributed by atoms with Crippen LogP contribution in [0.3, 0.4) is 0 Å². The lowest BCUT2D eigenvalue weighted by molar-refractivity contribution is 1.16. The van der Waals surface area contributed by atoms with Crippen molar-refractivity contribution < 1.29 is 0 Å². The summed E-state index contributed by atoms with van der Waals surface area (Å²) in [7, 11) is 0. The Balaban J connectivity index is 1.04. The summed E-state index contributed by atoms with van der Waals surface area (Å²) in [6.45, 7) is -0.259. The summed E-state index contributed by atoms with van der Waals surface area (Å²) in [5.74, 6) is 0. The molecule has 2 aliphatic heterocycles. The molecular weight excluding hydrogens is 1120 g/mol. The Kier molecular flexibility index (Phi) is 12.5. The average Bonchev–Trinajstić information content (AvgIpc) is 1.56. The van der Waals surface area contributed by atoms with Gasteiger partial charge >= 0.3 is 0 Å². The second kappa shape index (κ2) is 21.6. The Morgan fingerprint density at radius 3 is 1.24 bits per heavy atom. The zero-order valence-electron chi connectivity index (χ0n) is 49.6. The number of nitrogens with zero attached hydrogens (tertiary/aromatic N) is 5. The number of para-hydroxylation sites is 8. The second-order valence-corrected chi connectivity index (χ2v) is 24.6. The van der Waals surface area contributed by atoms with Crippen LogP contribution in [-0.2, 0) is 0 Å². The van der Waals surface area contributed by atoms with Crippen LogP contribution in [0.15, 0.2) is 340 Å². The quantitative estimate of drug-likeness (QED) is 0.120. The summed E-state index contributed by atoms with van der Waals surface area (Å²) in [6, 6.07) is 125. The summed E-state index contributed by atoms with van der Waals surface area (Å²) >= 11 is 1.92. The highest BCUT2D eigenvalue weighted by Gasteiger charge is 2.47. The molecule has 0 aliphatic carbocycles. The van der Waals surface area contributed by atoms with Crippen LogP contribution in [0.4, 0.5) is 68.2 Å². The number of aromatic nitrogens is 1.